The minimum atomic E-state index is -1.50. The molecule has 0 fully saturated rings. The number of nitrogens with zero attached hydrogens (tertiary/aromatic N) is 2. The summed E-state index contributed by atoms with van der Waals surface area (Å²) in [5.41, 5.74) is 0.308. The van der Waals surface area contributed by atoms with Crippen molar-refractivity contribution in [3.63, 3.8) is 0 Å². The summed E-state index contributed by atoms with van der Waals surface area (Å²) < 4.78 is 1.48. The van der Waals surface area contributed by atoms with Crippen molar-refractivity contribution in [3.8, 4) is 0 Å². The summed E-state index contributed by atoms with van der Waals surface area (Å²) in [7, 11) is 0. The van der Waals surface area contributed by atoms with Crippen LogP contribution in [0.4, 0.5) is 0 Å². The van der Waals surface area contributed by atoms with Gasteiger partial charge in [-0.2, -0.15) is 5.10 Å². The van der Waals surface area contributed by atoms with Crippen LogP contribution in [0.1, 0.15) is 31.7 Å². The zero-order valence-electron chi connectivity index (χ0n) is 7.51. The highest BCUT2D eigenvalue weighted by Gasteiger charge is 2.20. The second kappa shape index (κ2) is 3.57. The maximum Gasteiger partial charge on any atom is 0.338 e. The van der Waals surface area contributed by atoms with Gasteiger partial charge in [0.15, 0.2) is 6.10 Å². The van der Waals surface area contributed by atoms with E-state index in [2.05, 4.69) is 5.10 Å². The van der Waals surface area contributed by atoms with E-state index < -0.39 is 12.1 Å². The maximum atomic E-state index is 10.5. The monoisotopic (exact) mass is 184 g/mol. The van der Waals surface area contributed by atoms with Gasteiger partial charge >= 0.3 is 5.97 Å². The van der Waals surface area contributed by atoms with Crippen LogP contribution in [0.2, 0.25) is 0 Å². The normalized spacial score (nSPS) is 13.2. The van der Waals surface area contributed by atoms with E-state index >= 15 is 0 Å². The molecular formula is C8H12N2O3. The molecule has 0 aliphatic carbocycles. The molecule has 1 heterocycles. The molecule has 0 spiro atoms. The van der Waals surface area contributed by atoms with Crippen LogP contribution in [0.3, 0.4) is 0 Å². The molecule has 0 aliphatic rings. The third-order valence-electron chi connectivity index (χ3n) is 1.70. The molecule has 1 unspecified atom stereocenters. The summed E-state index contributed by atoms with van der Waals surface area (Å²) in [4.78, 5) is 10.5. The van der Waals surface area contributed by atoms with Crippen molar-refractivity contribution >= 4 is 5.97 Å². The highest BCUT2D eigenvalue weighted by molar-refractivity contribution is 5.73. The Bertz CT molecular complexity index is 306. The summed E-state index contributed by atoms with van der Waals surface area (Å²) in [6.07, 6.45) is -0.0218. The lowest BCUT2D eigenvalue weighted by Crippen LogP contribution is -2.17. The van der Waals surface area contributed by atoms with Gasteiger partial charge in [0.25, 0.3) is 0 Å². The number of aliphatic carboxylic acids is 1. The molecule has 1 rings (SSSR count). The molecule has 5 nitrogen and oxygen atoms in total. The predicted molar refractivity (Wildman–Crippen MR) is 45.2 cm³/mol. The molecule has 0 saturated heterocycles. The van der Waals surface area contributed by atoms with Crippen molar-refractivity contribution < 1.29 is 15.0 Å². The van der Waals surface area contributed by atoms with E-state index in [1.165, 1.54) is 16.9 Å². The van der Waals surface area contributed by atoms with Crippen molar-refractivity contribution in [3.05, 3.63) is 18.0 Å². The summed E-state index contributed by atoms with van der Waals surface area (Å²) in [5.74, 6) is -1.26. The Kier molecular flexibility index (Phi) is 2.67. The van der Waals surface area contributed by atoms with Gasteiger partial charge in [-0.15, -0.1) is 0 Å². The lowest BCUT2D eigenvalue weighted by Gasteiger charge is -2.12. The smallest absolute Gasteiger partial charge is 0.338 e. The van der Waals surface area contributed by atoms with Gasteiger partial charge < -0.3 is 10.2 Å². The summed E-state index contributed by atoms with van der Waals surface area (Å²) in [6, 6.07) is 1.54. The zero-order valence-corrected chi connectivity index (χ0v) is 7.51. The number of carboxylic acids is 1. The average Bonchev–Trinajstić information content (AvgIpc) is 2.50. The summed E-state index contributed by atoms with van der Waals surface area (Å²) in [6.45, 7) is 3.73. The Labute approximate surface area is 75.6 Å². The summed E-state index contributed by atoms with van der Waals surface area (Å²) in [5, 5.41) is 21.7. The van der Waals surface area contributed by atoms with E-state index in [1.807, 2.05) is 13.8 Å². The van der Waals surface area contributed by atoms with E-state index in [9.17, 15) is 9.90 Å². The second-order valence-corrected chi connectivity index (χ2v) is 3.04. The standard InChI is InChI=1S/C8H12N2O3/c1-5(2)10-6(3-4-9-10)7(11)8(12)13/h3-5,7,11H,1-2H3,(H,12,13). The van der Waals surface area contributed by atoms with Crippen LogP contribution in [-0.4, -0.2) is 26.0 Å². The first-order valence-electron chi connectivity index (χ1n) is 3.98. The van der Waals surface area contributed by atoms with E-state index in [1.54, 1.807) is 0 Å². The average molecular weight is 184 g/mol. The van der Waals surface area contributed by atoms with E-state index in [4.69, 9.17) is 5.11 Å². The van der Waals surface area contributed by atoms with Gasteiger partial charge in [0.2, 0.25) is 0 Å². The molecule has 2 N–H and O–H groups in total. The third-order valence-corrected chi connectivity index (χ3v) is 1.70. The number of carboxylic acid groups (broad SMARTS) is 1. The summed E-state index contributed by atoms with van der Waals surface area (Å²) >= 11 is 0. The molecule has 1 aromatic rings. The lowest BCUT2D eigenvalue weighted by molar-refractivity contribution is -0.147. The van der Waals surface area contributed by atoms with Crippen LogP contribution in [0.25, 0.3) is 0 Å². The molecule has 13 heavy (non-hydrogen) atoms. The highest BCUT2D eigenvalue weighted by Crippen LogP contribution is 2.16. The first-order valence-corrected chi connectivity index (χ1v) is 3.98. The van der Waals surface area contributed by atoms with E-state index in [-0.39, 0.29) is 6.04 Å². The fraction of sp³-hybridized carbons (Fsp3) is 0.500. The molecule has 0 aliphatic heterocycles. The molecule has 0 aromatic carbocycles. The van der Waals surface area contributed by atoms with Crippen LogP contribution < -0.4 is 0 Å². The van der Waals surface area contributed by atoms with Gasteiger partial charge in [0.05, 0.1) is 5.69 Å². The van der Waals surface area contributed by atoms with Crippen molar-refractivity contribution in [2.75, 3.05) is 0 Å². The number of rotatable bonds is 3. The Balaban J connectivity index is 3.00. The van der Waals surface area contributed by atoms with Crippen LogP contribution >= 0.6 is 0 Å². The van der Waals surface area contributed by atoms with Gasteiger partial charge in [0.1, 0.15) is 0 Å². The lowest BCUT2D eigenvalue weighted by atomic mass is 10.2. The molecule has 1 aromatic heterocycles. The predicted octanol–water partition coefficient (Wildman–Crippen LogP) is 0.582. The largest absolute Gasteiger partial charge is 0.479 e. The molecule has 0 radical (unpaired) electrons. The van der Waals surface area contributed by atoms with Crippen LogP contribution in [0.5, 0.6) is 0 Å². The van der Waals surface area contributed by atoms with Crippen LogP contribution in [-0.2, 0) is 4.79 Å². The molecule has 0 saturated carbocycles. The Hall–Kier alpha value is -1.36. The number of hydrogen-bond donors (Lipinski definition) is 2. The zero-order chi connectivity index (χ0) is 10.0. The topological polar surface area (TPSA) is 75.3 Å². The van der Waals surface area contributed by atoms with Gasteiger partial charge in [0, 0.05) is 12.2 Å². The molecule has 5 heteroatoms. The molecule has 1 atom stereocenters. The molecular weight excluding hydrogens is 172 g/mol. The Morgan fingerprint density at radius 1 is 1.62 bits per heavy atom. The Morgan fingerprint density at radius 2 is 2.23 bits per heavy atom. The van der Waals surface area contributed by atoms with Crippen molar-refractivity contribution in [2.24, 2.45) is 0 Å². The van der Waals surface area contributed by atoms with Gasteiger partial charge in [-0.25, -0.2) is 4.79 Å². The van der Waals surface area contributed by atoms with Gasteiger partial charge in [-0.1, -0.05) is 0 Å². The maximum absolute atomic E-state index is 10.5. The number of hydrogen-bond acceptors (Lipinski definition) is 3. The van der Waals surface area contributed by atoms with Crippen LogP contribution in [0, 0.1) is 0 Å². The number of aromatic nitrogens is 2. The number of aliphatic hydroxyl groups excluding tert-OH is 1. The fourth-order valence-electron chi connectivity index (χ4n) is 1.10. The first kappa shape index (κ1) is 9.73. The first-order chi connectivity index (χ1) is 6.04. The minimum absolute atomic E-state index is 0.0407. The molecule has 0 amide bonds. The SMILES string of the molecule is CC(C)n1nccc1C(O)C(=O)O. The fourth-order valence-corrected chi connectivity index (χ4v) is 1.10. The van der Waals surface area contributed by atoms with Crippen molar-refractivity contribution in [2.45, 2.75) is 26.0 Å². The van der Waals surface area contributed by atoms with Gasteiger partial charge in [-0.05, 0) is 19.9 Å². The second-order valence-electron chi connectivity index (χ2n) is 3.04. The number of carbonyl (C=O) groups is 1. The van der Waals surface area contributed by atoms with Crippen molar-refractivity contribution in [1.82, 2.24) is 9.78 Å². The Morgan fingerprint density at radius 3 is 2.69 bits per heavy atom. The van der Waals surface area contributed by atoms with Gasteiger partial charge in [-0.3, -0.25) is 4.68 Å². The highest BCUT2D eigenvalue weighted by atomic mass is 16.4. The quantitative estimate of drug-likeness (QED) is 0.720. The third kappa shape index (κ3) is 1.86. The number of aliphatic hydroxyl groups is 1. The van der Waals surface area contributed by atoms with Crippen LogP contribution in [0.15, 0.2) is 12.3 Å². The van der Waals surface area contributed by atoms with Crippen molar-refractivity contribution in [1.29, 1.82) is 0 Å². The molecule has 72 valence electrons. The van der Waals surface area contributed by atoms with E-state index in [0.717, 1.165) is 0 Å². The molecule has 0 bridgehead atoms. The van der Waals surface area contributed by atoms with E-state index in [0.29, 0.717) is 5.69 Å². The minimum Gasteiger partial charge on any atom is -0.479 e.